The molecule has 0 N–H and O–H groups in total. The molecule has 0 amide bonds. The zero-order valence-electron chi connectivity index (χ0n) is 14.7. The van der Waals surface area contributed by atoms with E-state index >= 15 is 0 Å². The molecule has 0 fully saturated rings. The fraction of sp³-hybridized carbons (Fsp3) is 0.100. The maximum absolute atomic E-state index is 11.1. The van der Waals surface area contributed by atoms with Crippen LogP contribution in [0.5, 0.6) is 5.75 Å². The van der Waals surface area contributed by atoms with Gasteiger partial charge in [-0.15, -0.1) is 0 Å². The molecule has 0 aliphatic heterocycles. The first-order valence-corrected chi connectivity index (χ1v) is 8.90. The van der Waals surface area contributed by atoms with E-state index in [4.69, 9.17) is 16.3 Å². The van der Waals surface area contributed by atoms with Crippen LogP contribution < -0.4 is 4.74 Å². The predicted octanol–water partition coefficient (Wildman–Crippen LogP) is 4.62. The van der Waals surface area contributed by atoms with Gasteiger partial charge >= 0.3 is 5.82 Å². The molecule has 0 saturated heterocycles. The van der Waals surface area contributed by atoms with Crippen molar-refractivity contribution in [3.8, 4) is 5.75 Å². The maximum Gasteiger partial charge on any atom is 0.406 e. The second-order valence-electron chi connectivity index (χ2n) is 6.10. The largest absolute Gasteiger partial charge is 0.478 e. The lowest BCUT2D eigenvalue weighted by atomic mass is 10.2. The highest BCUT2D eigenvalue weighted by molar-refractivity contribution is 6.31. The van der Waals surface area contributed by atoms with Crippen LogP contribution in [0.4, 0.5) is 5.82 Å². The van der Waals surface area contributed by atoms with Gasteiger partial charge in [-0.1, -0.05) is 41.9 Å². The molecule has 4 rings (SSSR count). The van der Waals surface area contributed by atoms with Gasteiger partial charge in [-0.05, 0) is 45.8 Å². The van der Waals surface area contributed by atoms with Crippen LogP contribution in [0.25, 0.3) is 11.0 Å². The topological polar surface area (TPSA) is 83.1 Å². The molecule has 0 atom stereocenters. The normalized spacial score (nSPS) is 10.9. The number of rotatable bonds is 6. The number of ether oxygens (including phenoxy) is 1. The Bertz CT molecular complexity index is 1140. The van der Waals surface area contributed by atoms with E-state index in [2.05, 4.69) is 9.97 Å². The van der Waals surface area contributed by atoms with Gasteiger partial charge in [0.05, 0.1) is 11.0 Å². The first-order valence-electron chi connectivity index (χ1n) is 8.52. The third kappa shape index (κ3) is 3.65. The van der Waals surface area contributed by atoms with Crippen LogP contribution >= 0.6 is 11.6 Å². The van der Waals surface area contributed by atoms with Crippen molar-refractivity contribution in [3.05, 3.63) is 93.4 Å². The Morgan fingerprint density at radius 2 is 1.93 bits per heavy atom. The van der Waals surface area contributed by atoms with Crippen LogP contribution in [-0.4, -0.2) is 19.5 Å². The zero-order chi connectivity index (χ0) is 19.5. The highest BCUT2D eigenvalue weighted by Crippen LogP contribution is 2.26. The van der Waals surface area contributed by atoms with Crippen molar-refractivity contribution in [2.24, 2.45) is 0 Å². The number of hydrogen-bond acceptors (Lipinski definition) is 5. The Balaban J connectivity index is 1.70. The Kier molecular flexibility index (Phi) is 4.90. The summed E-state index contributed by atoms with van der Waals surface area (Å²) in [7, 11) is 0. The highest BCUT2D eigenvalue weighted by atomic mass is 35.5. The Morgan fingerprint density at radius 3 is 2.71 bits per heavy atom. The van der Waals surface area contributed by atoms with Crippen LogP contribution in [0.3, 0.4) is 0 Å². The molecular formula is C20H15ClN4O3. The van der Waals surface area contributed by atoms with Crippen molar-refractivity contribution < 1.29 is 9.66 Å². The van der Waals surface area contributed by atoms with Crippen molar-refractivity contribution in [1.29, 1.82) is 0 Å². The number of nitro groups is 1. The molecule has 4 aromatic rings. The van der Waals surface area contributed by atoms with Crippen molar-refractivity contribution in [3.63, 3.8) is 0 Å². The standard InChI is InChI=1S/C20H15ClN4O3/c21-15-8-9-17-16(11-15)23-19(24(17)12-14-5-2-1-3-6-14)13-28-18-7-4-10-22-20(18)25(26)27/h1-11H,12-13H2. The Morgan fingerprint density at radius 1 is 1.11 bits per heavy atom. The lowest BCUT2D eigenvalue weighted by Crippen LogP contribution is -2.09. The van der Waals surface area contributed by atoms with Crippen LogP contribution in [0.15, 0.2) is 66.9 Å². The summed E-state index contributed by atoms with van der Waals surface area (Å²) in [6, 6.07) is 18.6. The number of fused-ring (bicyclic) bond motifs is 1. The summed E-state index contributed by atoms with van der Waals surface area (Å²) < 4.78 is 7.72. The van der Waals surface area contributed by atoms with Gasteiger partial charge < -0.3 is 19.4 Å². The van der Waals surface area contributed by atoms with Gasteiger partial charge in [0.2, 0.25) is 5.75 Å². The zero-order valence-corrected chi connectivity index (χ0v) is 15.4. The number of imidazole rings is 1. The smallest absolute Gasteiger partial charge is 0.406 e. The van der Waals surface area contributed by atoms with E-state index < -0.39 is 4.92 Å². The molecule has 28 heavy (non-hydrogen) atoms. The number of pyridine rings is 1. The minimum atomic E-state index is -0.567. The average molecular weight is 395 g/mol. The molecule has 7 nitrogen and oxygen atoms in total. The molecule has 0 unspecified atom stereocenters. The summed E-state index contributed by atoms with van der Waals surface area (Å²) in [5.74, 6) is 0.416. The molecule has 0 bridgehead atoms. The summed E-state index contributed by atoms with van der Waals surface area (Å²) in [6.45, 7) is 0.651. The van der Waals surface area contributed by atoms with Crippen molar-refractivity contribution >= 4 is 28.5 Å². The van der Waals surface area contributed by atoms with Crippen molar-refractivity contribution in [2.45, 2.75) is 13.2 Å². The predicted molar refractivity (Wildman–Crippen MR) is 106 cm³/mol. The van der Waals surface area contributed by atoms with Crippen LogP contribution in [0.1, 0.15) is 11.4 Å². The van der Waals surface area contributed by atoms with E-state index in [-0.39, 0.29) is 18.2 Å². The molecule has 0 saturated carbocycles. The quantitative estimate of drug-likeness (QED) is 0.352. The summed E-state index contributed by atoms with van der Waals surface area (Å²) in [5, 5.41) is 11.7. The number of nitrogens with zero attached hydrogens (tertiary/aromatic N) is 4. The van der Waals surface area contributed by atoms with Crippen molar-refractivity contribution in [2.75, 3.05) is 0 Å². The lowest BCUT2D eigenvalue weighted by Gasteiger charge is -2.10. The van der Waals surface area contributed by atoms with E-state index in [1.54, 1.807) is 12.1 Å². The van der Waals surface area contributed by atoms with Gasteiger partial charge in [-0.25, -0.2) is 4.98 Å². The van der Waals surface area contributed by atoms with Crippen LogP contribution in [-0.2, 0) is 13.2 Å². The molecule has 140 valence electrons. The molecule has 2 heterocycles. The van der Waals surface area contributed by atoms with E-state index in [1.165, 1.54) is 12.3 Å². The second kappa shape index (κ2) is 7.66. The molecule has 2 aromatic carbocycles. The monoisotopic (exact) mass is 394 g/mol. The summed E-state index contributed by atoms with van der Waals surface area (Å²) >= 11 is 6.11. The molecular weight excluding hydrogens is 380 g/mol. The fourth-order valence-electron chi connectivity index (χ4n) is 2.98. The van der Waals surface area contributed by atoms with E-state index in [0.29, 0.717) is 17.4 Å². The minimum Gasteiger partial charge on any atom is -0.478 e. The number of halogens is 1. The van der Waals surface area contributed by atoms with Crippen LogP contribution in [0, 0.1) is 10.1 Å². The van der Waals surface area contributed by atoms with Gasteiger partial charge in [0.25, 0.3) is 0 Å². The van der Waals surface area contributed by atoms with E-state index in [9.17, 15) is 10.1 Å². The maximum atomic E-state index is 11.1. The lowest BCUT2D eigenvalue weighted by molar-refractivity contribution is -0.390. The summed E-state index contributed by atoms with van der Waals surface area (Å²) in [6.07, 6.45) is 1.36. The van der Waals surface area contributed by atoms with Crippen LogP contribution in [0.2, 0.25) is 5.02 Å². The Hall–Kier alpha value is -3.45. The molecule has 2 aromatic heterocycles. The molecule has 8 heteroatoms. The Labute approximate surface area is 165 Å². The van der Waals surface area contributed by atoms with E-state index in [1.807, 2.05) is 47.0 Å². The third-order valence-corrected chi connectivity index (χ3v) is 4.49. The average Bonchev–Trinajstić information content (AvgIpc) is 3.03. The first kappa shape index (κ1) is 17.9. The van der Waals surface area contributed by atoms with Gasteiger partial charge in [0.15, 0.2) is 0 Å². The summed E-state index contributed by atoms with van der Waals surface area (Å²) in [4.78, 5) is 19.0. The minimum absolute atomic E-state index is 0.0612. The van der Waals surface area contributed by atoms with Gasteiger partial charge in [-0.3, -0.25) is 0 Å². The first-order chi connectivity index (χ1) is 13.6. The van der Waals surface area contributed by atoms with Gasteiger partial charge in [0.1, 0.15) is 18.6 Å². The number of aromatic nitrogens is 3. The number of benzene rings is 2. The van der Waals surface area contributed by atoms with E-state index in [0.717, 1.165) is 16.6 Å². The van der Waals surface area contributed by atoms with Gasteiger partial charge in [0, 0.05) is 11.6 Å². The molecule has 0 spiro atoms. The van der Waals surface area contributed by atoms with Gasteiger partial charge in [-0.2, -0.15) is 0 Å². The molecule has 0 aliphatic carbocycles. The SMILES string of the molecule is O=[N+]([O-])c1ncccc1OCc1nc2cc(Cl)ccc2n1Cc1ccccc1. The molecule has 0 radical (unpaired) electrons. The second-order valence-corrected chi connectivity index (χ2v) is 6.54. The number of hydrogen-bond donors (Lipinski definition) is 0. The van der Waals surface area contributed by atoms with Crippen molar-refractivity contribution in [1.82, 2.24) is 14.5 Å². The molecule has 0 aliphatic rings. The third-order valence-electron chi connectivity index (χ3n) is 4.25. The summed E-state index contributed by atoms with van der Waals surface area (Å²) in [5.41, 5.74) is 2.75. The fourth-order valence-corrected chi connectivity index (χ4v) is 3.15. The highest BCUT2D eigenvalue weighted by Gasteiger charge is 2.18.